The van der Waals surface area contributed by atoms with E-state index >= 15 is 0 Å². The maximum atomic E-state index is 13.8. The van der Waals surface area contributed by atoms with E-state index in [0.717, 1.165) is 0 Å². The fourth-order valence-corrected chi connectivity index (χ4v) is 2.21. The molecular formula is C14H11FN4O2. The third kappa shape index (κ3) is 2.45. The quantitative estimate of drug-likeness (QED) is 0.794. The molecule has 0 aliphatic rings. The van der Waals surface area contributed by atoms with Gasteiger partial charge in [0.1, 0.15) is 5.82 Å². The molecule has 0 saturated carbocycles. The molecule has 6 nitrogen and oxygen atoms in total. The van der Waals surface area contributed by atoms with Crippen LogP contribution in [-0.4, -0.2) is 31.3 Å². The van der Waals surface area contributed by atoms with Gasteiger partial charge in [-0.2, -0.15) is 0 Å². The number of carbonyl (C=O) groups is 1. The molecule has 0 aliphatic carbocycles. The fraction of sp³-hybridized carbons (Fsp3) is 0.143. The van der Waals surface area contributed by atoms with E-state index in [4.69, 9.17) is 5.11 Å². The number of halogens is 1. The zero-order valence-electron chi connectivity index (χ0n) is 10.9. The van der Waals surface area contributed by atoms with Gasteiger partial charge in [-0.1, -0.05) is 24.3 Å². The van der Waals surface area contributed by atoms with Gasteiger partial charge in [-0.15, -0.1) is 5.10 Å². The molecule has 106 valence electrons. The Morgan fingerprint density at radius 2 is 1.95 bits per heavy atom. The van der Waals surface area contributed by atoms with E-state index in [0.29, 0.717) is 22.2 Å². The number of hydrogen-bond donors (Lipinski definition) is 1. The van der Waals surface area contributed by atoms with E-state index in [-0.39, 0.29) is 18.8 Å². The van der Waals surface area contributed by atoms with Crippen LogP contribution in [0.3, 0.4) is 0 Å². The first-order valence-corrected chi connectivity index (χ1v) is 6.32. The number of tetrazole rings is 1. The van der Waals surface area contributed by atoms with E-state index < -0.39 is 5.97 Å². The number of aliphatic carboxylic acids is 1. The second-order valence-electron chi connectivity index (χ2n) is 4.51. The first-order chi connectivity index (χ1) is 10.2. The van der Waals surface area contributed by atoms with Crippen LogP contribution in [0.1, 0.15) is 6.42 Å². The van der Waals surface area contributed by atoms with E-state index in [1.165, 1.54) is 10.7 Å². The van der Waals surface area contributed by atoms with Gasteiger partial charge in [-0.25, -0.2) is 9.07 Å². The van der Waals surface area contributed by atoms with E-state index in [1.807, 2.05) is 0 Å². The van der Waals surface area contributed by atoms with Gasteiger partial charge >= 0.3 is 5.97 Å². The minimum atomic E-state index is -0.930. The van der Waals surface area contributed by atoms with Crippen molar-refractivity contribution >= 4 is 16.7 Å². The Morgan fingerprint density at radius 1 is 1.19 bits per heavy atom. The topological polar surface area (TPSA) is 80.9 Å². The summed E-state index contributed by atoms with van der Waals surface area (Å²) in [5.41, 5.74) is 0.669. The Hall–Kier alpha value is -2.83. The molecule has 0 fully saturated rings. The number of nitrogens with zero attached hydrogens (tertiary/aromatic N) is 4. The van der Waals surface area contributed by atoms with Crippen LogP contribution in [0.25, 0.3) is 22.2 Å². The molecule has 0 saturated heterocycles. The number of benzene rings is 2. The van der Waals surface area contributed by atoms with Crippen LogP contribution in [0.2, 0.25) is 0 Å². The second kappa shape index (κ2) is 5.28. The molecule has 1 N–H and O–H groups in total. The first kappa shape index (κ1) is 13.2. The molecule has 0 atom stereocenters. The Morgan fingerprint density at radius 3 is 2.71 bits per heavy atom. The molecule has 21 heavy (non-hydrogen) atoms. The molecule has 3 aromatic rings. The summed E-state index contributed by atoms with van der Waals surface area (Å²) in [4.78, 5) is 10.7. The van der Waals surface area contributed by atoms with Crippen molar-refractivity contribution in [2.24, 2.45) is 0 Å². The normalized spacial score (nSPS) is 10.9. The van der Waals surface area contributed by atoms with Crippen LogP contribution in [0.5, 0.6) is 0 Å². The van der Waals surface area contributed by atoms with Crippen molar-refractivity contribution in [2.75, 3.05) is 0 Å². The highest BCUT2D eigenvalue weighted by Gasteiger charge is 2.14. The molecule has 2 aromatic carbocycles. The summed E-state index contributed by atoms with van der Waals surface area (Å²) in [7, 11) is 0. The predicted octanol–water partition coefficient (Wildman–Crippen LogP) is 2.11. The predicted molar refractivity (Wildman–Crippen MR) is 73.0 cm³/mol. The van der Waals surface area contributed by atoms with Crippen LogP contribution in [0, 0.1) is 5.82 Å². The Balaban J connectivity index is 2.11. The van der Waals surface area contributed by atoms with Crippen LogP contribution in [0.4, 0.5) is 4.39 Å². The second-order valence-corrected chi connectivity index (χ2v) is 4.51. The van der Waals surface area contributed by atoms with Gasteiger partial charge in [0.25, 0.3) is 0 Å². The van der Waals surface area contributed by atoms with Gasteiger partial charge in [0, 0.05) is 10.9 Å². The summed E-state index contributed by atoms with van der Waals surface area (Å²) >= 11 is 0. The first-order valence-electron chi connectivity index (χ1n) is 6.32. The fourth-order valence-electron chi connectivity index (χ4n) is 2.21. The molecule has 0 unspecified atom stereocenters. The molecule has 0 radical (unpaired) electrons. The van der Waals surface area contributed by atoms with Crippen LogP contribution < -0.4 is 0 Å². The molecule has 3 rings (SSSR count). The summed E-state index contributed by atoms with van der Waals surface area (Å²) in [6, 6.07) is 9.97. The highest BCUT2D eigenvalue weighted by Crippen LogP contribution is 2.28. The van der Waals surface area contributed by atoms with E-state index in [2.05, 4.69) is 15.5 Å². The van der Waals surface area contributed by atoms with Crippen LogP contribution in [0.15, 0.2) is 36.4 Å². The minimum Gasteiger partial charge on any atom is -0.481 e. The van der Waals surface area contributed by atoms with Crippen LogP contribution in [-0.2, 0) is 11.3 Å². The molecular weight excluding hydrogens is 275 g/mol. The lowest BCUT2D eigenvalue weighted by molar-refractivity contribution is -0.137. The van der Waals surface area contributed by atoms with Crippen LogP contribution >= 0.6 is 0 Å². The van der Waals surface area contributed by atoms with Crippen molar-refractivity contribution < 1.29 is 14.3 Å². The number of rotatable bonds is 4. The van der Waals surface area contributed by atoms with Gasteiger partial charge < -0.3 is 5.11 Å². The lowest BCUT2D eigenvalue weighted by Gasteiger charge is -2.07. The number of carboxylic acid groups (broad SMARTS) is 1. The van der Waals surface area contributed by atoms with Gasteiger partial charge in [0.15, 0.2) is 5.82 Å². The van der Waals surface area contributed by atoms with Gasteiger partial charge in [0.05, 0.1) is 13.0 Å². The van der Waals surface area contributed by atoms with Gasteiger partial charge in [-0.05, 0) is 27.9 Å². The maximum Gasteiger partial charge on any atom is 0.305 e. The van der Waals surface area contributed by atoms with Gasteiger partial charge in [-0.3, -0.25) is 4.79 Å². The van der Waals surface area contributed by atoms with Crippen molar-refractivity contribution in [3.05, 3.63) is 42.2 Å². The van der Waals surface area contributed by atoms with E-state index in [9.17, 15) is 9.18 Å². The summed E-state index contributed by atoms with van der Waals surface area (Å²) in [5.74, 6) is -0.827. The number of carboxylic acids is 1. The molecule has 1 aromatic heterocycles. The largest absolute Gasteiger partial charge is 0.481 e. The average Bonchev–Trinajstić information content (AvgIpc) is 2.94. The number of fused-ring (bicyclic) bond motifs is 1. The zero-order valence-corrected chi connectivity index (χ0v) is 10.9. The van der Waals surface area contributed by atoms with Gasteiger partial charge in [0.2, 0.25) is 0 Å². The summed E-state index contributed by atoms with van der Waals surface area (Å²) in [6.45, 7) is 0.156. The highest BCUT2D eigenvalue weighted by molar-refractivity contribution is 5.95. The molecule has 1 heterocycles. The standard InChI is InChI=1S/C14H11FN4O2/c15-12-6-5-11(9-3-1-2-4-10(9)12)14-16-17-18-19(14)8-7-13(20)21/h1-6H,7-8H2,(H,20,21). The molecule has 0 spiro atoms. The lowest BCUT2D eigenvalue weighted by atomic mass is 10.0. The highest BCUT2D eigenvalue weighted by atomic mass is 19.1. The smallest absolute Gasteiger partial charge is 0.305 e. The van der Waals surface area contributed by atoms with Crippen molar-refractivity contribution in [1.82, 2.24) is 20.2 Å². The monoisotopic (exact) mass is 286 g/mol. The number of aromatic nitrogens is 4. The molecule has 0 aliphatic heterocycles. The Labute approximate surface area is 118 Å². The maximum absolute atomic E-state index is 13.8. The summed E-state index contributed by atoms with van der Waals surface area (Å²) < 4.78 is 15.2. The number of aryl methyl sites for hydroxylation is 1. The van der Waals surface area contributed by atoms with Crippen molar-refractivity contribution in [3.8, 4) is 11.4 Å². The van der Waals surface area contributed by atoms with Crippen molar-refractivity contribution in [3.63, 3.8) is 0 Å². The zero-order chi connectivity index (χ0) is 14.8. The average molecular weight is 286 g/mol. The SMILES string of the molecule is O=C(O)CCn1nnnc1-c1ccc(F)c2ccccc12. The molecule has 0 amide bonds. The molecule has 0 bridgehead atoms. The van der Waals surface area contributed by atoms with Crippen molar-refractivity contribution in [2.45, 2.75) is 13.0 Å². The van der Waals surface area contributed by atoms with Crippen molar-refractivity contribution in [1.29, 1.82) is 0 Å². The summed E-state index contributed by atoms with van der Waals surface area (Å²) in [5, 5.41) is 21.2. The summed E-state index contributed by atoms with van der Waals surface area (Å²) in [6.07, 6.45) is -0.0861. The molecule has 7 heteroatoms. The Bertz CT molecular complexity index is 816. The Kier molecular flexibility index (Phi) is 3.31. The minimum absolute atomic E-state index is 0.0861. The third-order valence-corrected chi connectivity index (χ3v) is 3.18. The van der Waals surface area contributed by atoms with E-state index in [1.54, 1.807) is 30.3 Å². The third-order valence-electron chi connectivity index (χ3n) is 3.18. The lowest BCUT2D eigenvalue weighted by Crippen LogP contribution is -2.08. The number of hydrogen-bond acceptors (Lipinski definition) is 4.